The molecule has 1 N–H and O–H groups in total. The van der Waals surface area contributed by atoms with Gasteiger partial charge in [0.1, 0.15) is 5.71 Å². The Balaban J connectivity index is 2.78. The molecule has 3 nitrogen and oxygen atoms in total. The van der Waals surface area contributed by atoms with E-state index in [1.165, 1.54) is 6.20 Å². The number of rotatable bonds is 1. The first kappa shape index (κ1) is 6.74. The molecule has 0 bridgehead atoms. The number of aliphatic carboxylic acids is 1. The summed E-state index contributed by atoms with van der Waals surface area (Å²) in [5, 5.41) is 8.46. The van der Waals surface area contributed by atoms with Crippen LogP contribution >= 0.6 is 0 Å². The van der Waals surface area contributed by atoms with Crippen LogP contribution in [0, 0.1) is 0 Å². The standard InChI is InChI=1S/C7H7NO2/c9-7(10)6-4-2-1-3-5-8-6/h1-3,5H,4H2,(H,9,10). The van der Waals surface area contributed by atoms with Gasteiger partial charge in [0, 0.05) is 12.6 Å². The van der Waals surface area contributed by atoms with Gasteiger partial charge in [-0.1, -0.05) is 12.2 Å². The second kappa shape index (κ2) is 2.96. The van der Waals surface area contributed by atoms with Crippen molar-refractivity contribution in [1.29, 1.82) is 0 Å². The summed E-state index contributed by atoms with van der Waals surface area (Å²) in [5.41, 5.74) is 0.185. The van der Waals surface area contributed by atoms with E-state index in [4.69, 9.17) is 5.11 Å². The topological polar surface area (TPSA) is 49.7 Å². The first-order valence-corrected chi connectivity index (χ1v) is 2.92. The third-order valence-electron chi connectivity index (χ3n) is 1.12. The van der Waals surface area contributed by atoms with Gasteiger partial charge in [-0.05, 0) is 6.08 Å². The average molecular weight is 137 g/mol. The molecule has 1 aliphatic rings. The molecule has 3 heteroatoms. The smallest absolute Gasteiger partial charge is 0.350 e. The summed E-state index contributed by atoms with van der Waals surface area (Å²) in [7, 11) is 0. The zero-order valence-corrected chi connectivity index (χ0v) is 5.32. The SMILES string of the molecule is O=C(O)C1=NC=CC=CC1. The monoisotopic (exact) mass is 137 g/mol. The van der Waals surface area contributed by atoms with Crippen molar-refractivity contribution in [2.45, 2.75) is 6.42 Å². The highest BCUT2D eigenvalue weighted by Crippen LogP contribution is 1.96. The van der Waals surface area contributed by atoms with E-state index in [9.17, 15) is 4.79 Å². The van der Waals surface area contributed by atoms with Gasteiger partial charge in [-0.15, -0.1) is 0 Å². The molecular formula is C7H7NO2. The molecule has 1 heterocycles. The Labute approximate surface area is 58.4 Å². The summed E-state index contributed by atoms with van der Waals surface area (Å²) < 4.78 is 0. The van der Waals surface area contributed by atoms with Gasteiger partial charge in [-0.25, -0.2) is 4.79 Å². The Bertz CT molecular complexity index is 226. The zero-order chi connectivity index (χ0) is 7.40. The number of nitrogens with zero attached hydrogens (tertiary/aromatic N) is 1. The first-order valence-electron chi connectivity index (χ1n) is 2.92. The Kier molecular flexibility index (Phi) is 1.99. The minimum Gasteiger partial charge on any atom is -0.477 e. The lowest BCUT2D eigenvalue weighted by Gasteiger charge is -1.90. The molecule has 1 rings (SSSR count). The maximum atomic E-state index is 10.3. The minimum absolute atomic E-state index is 0.185. The van der Waals surface area contributed by atoms with E-state index >= 15 is 0 Å². The lowest BCUT2D eigenvalue weighted by Crippen LogP contribution is -2.10. The fourth-order valence-electron chi connectivity index (χ4n) is 0.636. The van der Waals surface area contributed by atoms with Crippen molar-refractivity contribution in [2.75, 3.05) is 0 Å². The maximum Gasteiger partial charge on any atom is 0.350 e. The fourth-order valence-corrected chi connectivity index (χ4v) is 0.636. The highest BCUT2D eigenvalue weighted by Gasteiger charge is 2.05. The summed E-state index contributed by atoms with van der Waals surface area (Å²) in [6, 6.07) is 0. The Morgan fingerprint density at radius 1 is 1.60 bits per heavy atom. The number of carboxylic acid groups (broad SMARTS) is 1. The summed E-state index contributed by atoms with van der Waals surface area (Å²) >= 11 is 0. The van der Waals surface area contributed by atoms with Gasteiger partial charge in [-0.3, -0.25) is 4.99 Å². The molecule has 0 aliphatic carbocycles. The Hall–Kier alpha value is -1.38. The number of hydrogen-bond donors (Lipinski definition) is 1. The van der Waals surface area contributed by atoms with E-state index in [0.29, 0.717) is 6.42 Å². The van der Waals surface area contributed by atoms with Gasteiger partial charge < -0.3 is 5.11 Å². The second-order valence-electron chi connectivity index (χ2n) is 1.85. The molecule has 0 radical (unpaired) electrons. The van der Waals surface area contributed by atoms with Crippen molar-refractivity contribution in [2.24, 2.45) is 4.99 Å². The normalized spacial score (nSPS) is 16.2. The van der Waals surface area contributed by atoms with E-state index in [1.54, 1.807) is 18.2 Å². The molecule has 0 fully saturated rings. The molecule has 0 aromatic carbocycles. The largest absolute Gasteiger partial charge is 0.477 e. The molecule has 0 spiro atoms. The highest BCUT2D eigenvalue weighted by atomic mass is 16.4. The van der Waals surface area contributed by atoms with Gasteiger partial charge in [0.25, 0.3) is 0 Å². The Morgan fingerprint density at radius 2 is 2.40 bits per heavy atom. The number of aliphatic imine (C=N–C) groups is 1. The molecule has 0 atom stereocenters. The number of allylic oxidation sites excluding steroid dienone is 3. The zero-order valence-electron chi connectivity index (χ0n) is 5.32. The van der Waals surface area contributed by atoms with Gasteiger partial charge in [0.15, 0.2) is 0 Å². The third kappa shape index (κ3) is 1.55. The predicted octanol–water partition coefficient (Wildman–Crippen LogP) is 0.986. The summed E-state index contributed by atoms with van der Waals surface area (Å²) in [6.45, 7) is 0. The van der Waals surface area contributed by atoms with Crippen LogP contribution in [0.2, 0.25) is 0 Å². The lowest BCUT2D eigenvalue weighted by atomic mass is 10.2. The van der Waals surface area contributed by atoms with Crippen LogP contribution in [0.15, 0.2) is 29.4 Å². The van der Waals surface area contributed by atoms with Crippen LogP contribution in [-0.2, 0) is 4.79 Å². The third-order valence-corrected chi connectivity index (χ3v) is 1.12. The summed E-state index contributed by atoms with van der Waals surface area (Å²) in [5.74, 6) is -0.948. The van der Waals surface area contributed by atoms with Crippen LogP contribution in [-0.4, -0.2) is 16.8 Å². The molecule has 0 aromatic rings. The molecule has 0 unspecified atom stereocenters. The van der Waals surface area contributed by atoms with Crippen LogP contribution in [0.25, 0.3) is 0 Å². The molecule has 10 heavy (non-hydrogen) atoms. The van der Waals surface area contributed by atoms with Crippen molar-refractivity contribution < 1.29 is 9.90 Å². The predicted molar refractivity (Wildman–Crippen MR) is 38.0 cm³/mol. The Morgan fingerprint density at radius 3 is 3.10 bits per heavy atom. The highest BCUT2D eigenvalue weighted by molar-refractivity contribution is 6.36. The molecule has 0 amide bonds. The summed E-state index contributed by atoms with van der Waals surface area (Å²) in [6.07, 6.45) is 7.13. The molecule has 1 aliphatic heterocycles. The van der Waals surface area contributed by atoms with Crippen molar-refractivity contribution >= 4 is 11.7 Å². The minimum atomic E-state index is -0.948. The van der Waals surface area contributed by atoms with Crippen LogP contribution in [0.1, 0.15) is 6.42 Å². The number of hydrogen-bond acceptors (Lipinski definition) is 2. The average Bonchev–Trinajstić information content (AvgIpc) is 2.12. The molecular weight excluding hydrogens is 130 g/mol. The van der Waals surface area contributed by atoms with Crippen LogP contribution in [0.5, 0.6) is 0 Å². The van der Waals surface area contributed by atoms with Crippen LogP contribution in [0.3, 0.4) is 0 Å². The van der Waals surface area contributed by atoms with Gasteiger partial charge >= 0.3 is 5.97 Å². The van der Waals surface area contributed by atoms with Crippen molar-refractivity contribution in [1.82, 2.24) is 0 Å². The maximum absolute atomic E-state index is 10.3. The van der Waals surface area contributed by atoms with E-state index in [-0.39, 0.29) is 5.71 Å². The number of carbonyl (C=O) groups is 1. The first-order chi connectivity index (χ1) is 4.80. The van der Waals surface area contributed by atoms with E-state index in [2.05, 4.69) is 4.99 Å². The molecule has 0 saturated heterocycles. The van der Waals surface area contributed by atoms with Crippen LogP contribution < -0.4 is 0 Å². The second-order valence-corrected chi connectivity index (χ2v) is 1.85. The van der Waals surface area contributed by atoms with Gasteiger partial charge in [-0.2, -0.15) is 0 Å². The molecule has 0 saturated carbocycles. The molecule has 0 aromatic heterocycles. The van der Waals surface area contributed by atoms with Gasteiger partial charge in [0.05, 0.1) is 0 Å². The van der Waals surface area contributed by atoms with Crippen molar-refractivity contribution in [3.8, 4) is 0 Å². The lowest BCUT2D eigenvalue weighted by molar-refractivity contribution is -0.129. The number of carboxylic acids is 1. The van der Waals surface area contributed by atoms with Crippen LogP contribution in [0.4, 0.5) is 0 Å². The fraction of sp³-hybridized carbons (Fsp3) is 0.143. The summed E-state index contributed by atoms with van der Waals surface area (Å²) in [4.78, 5) is 14.0. The quantitative estimate of drug-likeness (QED) is 0.585. The van der Waals surface area contributed by atoms with E-state index in [1.807, 2.05) is 0 Å². The van der Waals surface area contributed by atoms with Crippen molar-refractivity contribution in [3.05, 3.63) is 24.4 Å². The molecule has 52 valence electrons. The van der Waals surface area contributed by atoms with Gasteiger partial charge in [0.2, 0.25) is 0 Å². The van der Waals surface area contributed by atoms with E-state index in [0.717, 1.165) is 0 Å². The van der Waals surface area contributed by atoms with Crippen molar-refractivity contribution in [3.63, 3.8) is 0 Å². The van der Waals surface area contributed by atoms with E-state index < -0.39 is 5.97 Å².